The standard InChI is InChI=1S/C25H34N4O3/c1-18-7-2-3-8-22(18)32-17-19-15-20-10-11-21(16-19)27(20)13-6-14-29-24(30)26-23-9-4-5-12-28(23)25(29)31/h2-3,7-8,19-21H,4-6,9-17H2,1H3. The maximum absolute atomic E-state index is 12.8. The van der Waals surface area contributed by atoms with Gasteiger partial charge in [-0.1, -0.05) is 18.2 Å². The molecule has 0 spiro atoms. The molecule has 2 atom stereocenters. The Balaban J connectivity index is 1.16. The van der Waals surface area contributed by atoms with Crippen LogP contribution in [0.25, 0.3) is 0 Å². The smallest absolute Gasteiger partial charge is 0.353 e. The molecule has 4 heterocycles. The van der Waals surface area contributed by atoms with E-state index < -0.39 is 0 Å². The highest BCUT2D eigenvalue weighted by Crippen LogP contribution is 2.39. The van der Waals surface area contributed by atoms with Gasteiger partial charge in [0.15, 0.2) is 0 Å². The normalized spacial score (nSPS) is 25.0. The van der Waals surface area contributed by atoms with Crippen LogP contribution in [-0.2, 0) is 19.5 Å². The molecule has 7 heteroatoms. The quantitative estimate of drug-likeness (QED) is 0.665. The van der Waals surface area contributed by atoms with Gasteiger partial charge in [-0.25, -0.2) is 14.2 Å². The van der Waals surface area contributed by atoms with Gasteiger partial charge in [0.05, 0.1) is 6.61 Å². The van der Waals surface area contributed by atoms with E-state index in [1.54, 1.807) is 4.57 Å². The molecule has 2 aromatic rings. The molecule has 0 aliphatic carbocycles. The Morgan fingerprint density at radius 1 is 1.06 bits per heavy atom. The fourth-order valence-corrected chi connectivity index (χ4v) is 5.95. The Kier molecular flexibility index (Phi) is 6.17. The topological polar surface area (TPSA) is 69.4 Å². The third-order valence-electron chi connectivity index (χ3n) is 7.61. The second-order valence-corrected chi connectivity index (χ2v) is 9.74. The minimum atomic E-state index is -0.377. The lowest BCUT2D eigenvalue weighted by atomic mass is 9.91. The van der Waals surface area contributed by atoms with Crippen molar-refractivity contribution in [3.8, 4) is 5.75 Å². The van der Waals surface area contributed by atoms with Gasteiger partial charge in [-0.2, -0.15) is 4.98 Å². The van der Waals surface area contributed by atoms with Gasteiger partial charge in [0.1, 0.15) is 11.6 Å². The lowest BCUT2D eigenvalue weighted by Gasteiger charge is -2.39. The van der Waals surface area contributed by atoms with Gasteiger partial charge < -0.3 is 4.74 Å². The zero-order valence-corrected chi connectivity index (χ0v) is 19.0. The summed E-state index contributed by atoms with van der Waals surface area (Å²) in [5.41, 5.74) is 0.642. The van der Waals surface area contributed by atoms with Crippen molar-refractivity contribution in [2.75, 3.05) is 13.2 Å². The van der Waals surface area contributed by atoms with E-state index in [1.165, 1.54) is 35.8 Å². The minimum Gasteiger partial charge on any atom is -0.493 e. The molecular formula is C25H34N4O3. The Hall–Kier alpha value is -2.41. The number of hydrogen-bond donors (Lipinski definition) is 0. The van der Waals surface area contributed by atoms with Crippen LogP contribution in [0.2, 0.25) is 0 Å². The van der Waals surface area contributed by atoms with E-state index in [4.69, 9.17) is 4.74 Å². The van der Waals surface area contributed by atoms with Crippen LogP contribution in [0.1, 0.15) is 56.3 Å². The van der Waals surface area contributed by atoms with Crippen LogP contribution in [0.4, 0.5) is 0 Å². The molecule has 2 saturated heterocycles. The number of rotatable bonds is 7. The third-order valence-corrected chi connectivity index (χ3v) is 7.61. The van der Waals surface area contributed by atoms with Gasteiger partial charge in [0.2, 0.25) is 0 Å². The highest BCUT2D eigenvalue weighted by atomic mass is 16.5. The third kappa shape index (κ3) is 4.27. The summed E-state index contributed by atoms with van der Waals surface area (Å²) in [7, 11) is 0. The van der Waals surface area contributed by atoms with E-state index in [9.17, 15) is 9.59 Å². The predicted octanol–water partition coefficient (Wildman–Crippen LogP) is 2.76. The SMILES string of the molecule is Cc1ccccc1OCC1CC2CCC(C1)N2CCCn1c(=O)nc2n(c1=O)CCCC2. The van der Waals surface area contributed by atoms with Crippen LogP contribution in [0.3, 0.4) is 0 Å². The average molecular weight is 439 g/mol. The fraction of sp³-hybridized carbons (Fsp3) is 0.640. The van der Waals surface area contributed by atoms with Crippen molar-refractivity contribution in [1.29, 1.82) is 0 Å². The van der Waals surface area contributed by atoms with Crippen LogP contribution in [0, 0.1) is 12.8 Å². The number of hydrogen-bond acceptors (Lipinski definition) is 5. The first-order chi connectivity index (χ1) is 15.6. The fourth-order valence-electron chi connectivity index (χ4n) is 5.95. The lowest BCUT2D eigenvalue weighted by Crippen LogP contribution is -2.46. The van der Waals surface area contributed by atoms with E-state index in [1.807, 2.05) is 12.1 Å². The summed E-state index contributed by atoms with van der Waals surface area (Å²) in [6, 6.07) is 9.42. The minimum absolute atomic E-state index is 0.172. The van der Waals surface area contributed by atoms with Crippen molar-refractivity contribution in [3.63, 3.8) is 0 Å². The molecule has 0 amide bonds. The lowest BCUT2D eigenvalue weighted by molar-refractivity contribution is 0.0776. The largest absolute Gasteiger partial charge is 0.493 e. The van der Waals surface area contributed by atoms with Crippen molar-refractivity contribution < 1.29 is 4.74 Å². The summed E-state index contributed by atoms with van der Waals surface area (Å²) in [5, 5.41) is 0. The molecule has 2 fully saturated rings. The van der Waals surface area contributed by atoms with Crippen molar-refractivity contribution in [2.24, 2.45) is 5.92 Å². The van der Waals surface area contributed by atoms with Crippen LogP contribution in [0.15, 0.2) is 33.9 Å². The predicted molar refractivity (Wildman–Crippen MR) is 123 cm³/mol. The highest BCUT2D eigenvalue weighted by Gasteiger charge is 2.40. The number of benzene rings is 1. The second kappa shape index (κ2) is 9.22. The highest BCUT2D eigenvalue weighted by molar-refractivity contribution is 5.31. The van der Waals surface area contributed by atoms with E-state index in [-0.39, 0.29) is 11.4 Å². The monoisotopic (exact) mass is 438 g/mol. The molecular weight excluding hydrogens is 404 g/mol. The number of aryl methyl sites for hydroxylation is 2. The Morgan fingerprint density at radius 2 is 1.84 bits per heavy atom. The van der Waals surface area contributed by atoms with Crippen molar-refractivity contribution in [1.82, 2.24) is 19.0 Å². The van der Waals surface area contributed by atoms with E-state index in [0.717, 1.165) is 44.6 Å². The molecule has 0 radical (unpaired) electrons. The second-order valence-electron chi connectivity index (χ2n) is 9.74. The maximum atomic E-state index is 12.8. The number of piperidine rings is 1. The zero-order chi connectivity index (χ0) is 22.1. The molecule has 3 aliphatic heterocycles. The van der Waals surface area contributed by atoms with Crippen molar-refractivity contribution in [2.45, 2.75) is 83.5 Å². The molecule has 32 heavy (non-hydrogen) atoms. The summed E-state index contributed by atoms with van der Waals surface area (Å²) in [4.78, 5) is 32.0. The maximum Gasteiger partial charge on any atom is 0.353 e. The van der Waals surface area contributed by atoms with Crippen molar-refractivity contribution >= 4 is 0 Å². The van der Waals surface area contributed by atoms with Gasteiger partial charge in [-0.15, -0.1) is 0 Å². The summed E-state index contributed by atoms with van der Waals surface area (Å²) in [6.07, 6.45) is 8.37. The summed E-state index contributed by atoms with van der Waals surface area (Å²) < 4.78 is 9.20. The van der Waals surface area contributed by atoms with Crippen LogP contribution >= 0.6 is 0 Å². The van der Waals surface area contributed by atoms with Crippen molar-refractivity contribution in [3.05, 3.63) is 56.6 Å². The molecule has 0 N–H and O–H groups in total. The summed E-state index contributed by atoms with van der Waals surface area (Å²) in [6.45, 7) is 4.97. The van der Waals surface area contributed by atoms with Gasteiger partial charge in [-0.3, -0.25) is 9.47 Å². The number of para-hydroxylation sites is 1. The Morgan fingerprint density at radius 3 is 2.62 bits per heavy atom. The van der Waals surface area contributed by atoms with Crippen LogP contribution in [0.5, 0.6) is 5.75 Å². The van der Waals surface area contributed by atoms with Gasteiger partial charge in [0.25, 0.3) is 0 Å². The molecule has 0 saturated carbocycles. The van der Waals surface area contributed by atoms with Crippen LogP contribution in [-0.4, -0.2) is 44.3 Å². The van der Waals surface area contributed by atoms with Crippen LogP contribution < -0.4 is 16.1 Å². The number of fused-ring (bicyclic) bond motifs is 3. The molecule has 5 rings (SSSR count). The molecule has 2 unspecified atom stereocenters. The average Bonchev–Trinajstić information content (AvgIpc) is 3.03. The van der Waals surface area contributed by atoms with Gasteiger partial charge in [-0.05, 0) is 69.4 Å². The Labute approximate surface area is 189 Å². The molecule has 3 aliphatic rings. The number of aromatic nitrogens is 3. The summed E-state index contributed by atoms with van der Waals surface area (Å²) >= 11 is 0. The first-order valence-electron chi connectivity index (χ1n) is 12.2. The van der Waals surface area contributed by atoms with E-state index in [2.05, 4.69) is 28.9 Å². The molecule has 1 aromatic carbocycles. The first-order valence-corrected chi connectivity index (χ1v) is 12.2. The van der Waals surface area contributed by atoms with Gasteiger partial charge in [0, 0.05) is 38.1 Å². The summed E-state index contributed by atoms with van der Waals surface area (Å²) in [5.74, 6) is 2.26. The number of ether oxygens (including phenoxy) is 1. The molecule has 1 aromatic heterocycles. The van der Waals surface area contributed by atoms with Gasteiger partial charge >= 0.3 is 11.4 Å². The van der Waals surface area contributed by atoms with E-state index in [0.29, 0.717) is 36.9 Å². The number of nitrogens with zero attached hydrogens (tertiary/aromatic N) is 4. The molecule has 172 valence electrons. The Bertz CT molecular complexity index is 1060. The first kappa shape index (κ1) is 21.4. The molecule has 2 bridgehead atoms. The van der Waals surface area contributed by atoms with E-state index >= 15 is 0 Å². The molecule has 7 nitrogen and oxygen atoms in total. The zero-order valence-electron chi connectivity index (χ0n) is 19.0.